The van der Waals surface area contributed by atoms with E-state index in [1.807, 2.05) is 41.9 Å². The van der Waals surface area contributed by atoms with Crippen molar-refractivity contribution in [2.45, 2.75) is 19.5 Å². The molecule has 8 nitrogen and oxygen atoms in total. The van der Waals surface area contributed by atoms with E-state index in [4.69, 9.17) is 9.40 Å². The largest absolute Gasteiger partial charge is 0.467 e. The Morgan fingerprint density at radius 1 is 1.21 bits per heavy atom. The molecule has 0 bridgehead atoms. The number of nitrogens with zero attached hydrogens (tertiary/aromatic N) is 3. The first-order valence-corrected chi connectivity index (χ1v) is 12.6. The zero-order chi connectivity index (χ0) is 22.8. The van der Waals surface area contributed by atoms with Gasteiger partial charge in [-0.1, -0.05) is 6.07 Å². The summed E-state index contributed by atoms with van der Waals surface area (Å²) in [5.41, 5.74) is 0.874. The number of aromatic amines is 1. The molecule has 0 aliphatic carbocycles. The molecule has 2 N–H and O–H groups in total. The van der Waals surface area contributed by atoms with Crippen molar-refractivity contribution in [1.29, 1.82) is 0 Å². The number of carbonyl (C=O) groups is 1. The zero-order valence-electron chi connectivity index (χ0n) is 18.2. The van der Waals surface area contributed by atoms with E-state index in [2.05, 4.69) is 20.1 Å². The van der Waals surface area contributed by atoms with Crippen molar-refractivity contribution in [3.8, 4) is 10.4 Å². The predicted molar refractivity (Wildman–Crippen MR) is 131 cm³/mol. The minimum Gasteiger partial charge on any atom is -0.467 e. The summed E-state index contributed by atoms with van der Waals surface area (Å²) >= 11 is 3.13. The van der Waals surface area contributed by atoms with Gasteiger partial charge < -0.3 is 14.7 Å². The number of fused-ring (bicyclic) bond motifs is 1. The highest BCUT2D eigenvalue weighted by atomic mass is 32.1. The molecule has 1 aliphatic rings. The molecule has 0 unspecified atom stereocenters. The van der Waals surface area contributed by atoms with Gasteiger partial charge in [0.1, 0.15) is 16.4 Å². The first kappa shape index (κ1) is 22.0. The minimum atomic E-state index is -0.149. The van der Waals surface area contributed by atoms with Crippen molar-refractivity contribution >= 4 is 38.8 Å². The molecule has 33 heavy (non-hydrogen) atoms. The highest BCUT2D eigenvalue weighted by Gasteiger charge is 2.22. The number of furan rings is 1. The summed E-state index contributed by atoms with van der Waals surface area (Å²) in [4.78, 5) is 39.2. The molecule has 5 rings (SSSR count). The third-order valence-corrected chi connectivity index (χ3v) is 7.61. The minimum absolute atomic E-state index is 0.0111. The Hall–Kier alpha value is -2.79. The Labute approximate surface area is 198 Å². The van der Waals surface area contributed by atoms with Crippen LogP contribution in [-0.2, 0) is 11.3 Å². The zero-order valence-corrected chi connectivity index (χ0v) is 19.9. The summed E-state index contributed by atoms with van der Waals surface area (Å²) in [6.45, 7) is 6.07. The number of aromatic nitrogens is 2. The third kappa shape index (κ3) is 4.93. The van der Waals surface area contributed by atoms with Crippen molar-refractivity contribution in [3.05, 3.63) is 63.2 Å². The Morgan fingerprint density at radius 2 is 2.03 bits per heavy atom. The van der Waals surface area contributed by atoms with E-state index in [0.29, 0.717) is 24.3 Å². The fraction of sp³-hybridized carbons (Fsp3) is 0.348. The number of carbonyl (C=O) groups excluding carboxylic acids is 1. The van der Waals surface area contributed by atoms with Crippen LogP contribution in [0.5, 0.6) is 0 Å². The fourth-order valence-corrected chi connectivity index (χ4v) is 5.88. The van der Waals surface area contributed by atoms with E-state index < -0.39 is 0 Å². The summed E-state index contributed by atoms with van der Waals surface area (Å²) in [7, 11) is 0. The van der Waals surface area contributed by atoms with Gasteiger partial charge in [-0.05, 0) is 30.5 Å². The Balaban J connectivity index is 1.16. The van der Waals surface area contributed by atoms with Crippen LogP contribution in [0.3, 0.4) is 0 Å². The van der Waals surface area contributed by atoms with Gasteiger partial charge in [0.2, 0.25) is 5.91 Å². The van der Waals surface area contributed by atoms with Crippen molar-refractivity contribution in [1.82, 2.24) is 25.1 Å². The quantitative estimate of drug-likeness (QED) is 0.419. The Kier molecular flexibility index (Phi) is 6.41. The molecule has 4 aromatic heterocycles. The van der Waals surface area contributed by atoms with Gasteiger partial charge in [0, 0.05) is 42.0 Å². The van der Waals surface area contributed by atoms with Gasteiger partial charge in [0.15, 0.2) is 0 Å². The monoisotopic (exact) mass is 483 g/mol. The van der Waals surface area contributed by atoms with E-state index in [1.54, 1.807) is 17.6 Å². The van der Waals surface area contributed by atoms with Gasteiger partial charge in [0.05, 0.1) is 30.8 Å². The maximum atomic E-state index is 12.8. The molecule has 10 heteroatoms. The lowest BCUT2D eigenvalue weighted by Crippen LogP contribution is -2.49. The van der Waals surface area contributed by atoms with Crippen molar-refractivity contribution < 1.29 is 9.21 Å². The molecule has 0 aromatic carbocycles. The number of thiophene rings is 2. The number of piperazine rings is 1. The molecule has 0 radical (unpaired) electrons. The van der Waals surface area contributed by atoms with E-state index in [1.165, 1.54) is 11.3 Å². The Morgan fingerprint density at radius 3 is 2.76 bits per heavy atom. The molecular formula is C23H25N5O3S2. The summed E-state index contributed by atoms with van der Waals surface area (Å²) in [6, 6.07) is 7.54. The van der Waals surface area contributed by atoms with Crippen LogP contribution in [-0.4, -0.2) is 58.4 Å². The summed E-state index contributed by atoms with van der Waals surface area (Å²) < 4.78 is 5.35. The second kappa shape index (κ2) is 9.60. The maximum absolute atomic E-state index is 12.8. The number of H-pyrrole nitrogens is 1. The normalized spacial score (nSPS) is 16.3. The first-order valence-electron chi connectivity index (χ1n) is 10.9. The van der Waals surface area contributed by atoms with Gasteiger partial charge in [-0.25, -0.2) is 4.98 Å². The number of hydrogen-bond acceptors (Lipinski definition) is 8. The molecule has 172 valence electrons. The number of nitrogens with one attached hydrogen (secondary N) is 2. The summed E-state index contributed by atoms with van der Waals surface area (Å²) in [6.07, 6.45) is 1.61. The van der Waals surface area contributed by atoms with Crippen molar-refractivity contribution in [3.63, 3.8) is 0 Å². The Bertz CT molecular complexity index is 1270. The van der Waals surface area contributed by atoms with Gasteiger partial charge in [0.25, 0.3) is 5.56 Å². The highest BCUT2D eigenvalue weighted by molar-refractivity contribution is 7.18. The molecule has 1 aliphatic heterocycles. The SMILES string of the molecule is C[C@@H](NC(=O)CN1CCN(Cc2nc3scc(-c4cccs4)c3c(=O)[nH]2)CC1)c1ccco1. The van der Waals surface area contributed by atoms with Crippen LogP contribution in [0.25, 0.3) is 20.7 Å². The first-order chi connectivity index (χ1) is 16.1. The fourth-order valence-electron chi connectivity index (χ4n) is 4.10. The van der Waals surface area contributed by atoms with Crippen LogP contribution < -0.4 is 10.9 Å². The van der Waals surface area contributed by atoms with Crippen LogP contribution in [0.4, 0.5) is 0 Å². The molecule has 1 atom stereocenters. The van der Waals surface area contributed by atoms with Crippen LogP contribution in [0.15, 0.2) is 50.5 Å². The number of hydrogen-bond donors (Lipinski definition) is 2. The van der Waals surface area contributed by atoms with Crippen molar-refractivity contribution in [2.24, 2.45) is 0 Å². The van der Waals surface area contributed by atoms with Crippen LogP contribution in [0, 0.1) is 0 Å². The molecular weight excluding hydrogens is 458 g/mol. The topological polar surface area (TPSA) is 94.5 Å². The molecule has 0 spiro atoms. The molecule has 4 aromatic rings. The van der Waals surface area contributed by atoms with Gasteiger partial charge in [-0.3, -0.25) is 19.4 Å². The average molecular weight is 484 g/mol. The van der Waals surface area contributed by atoms with Crippen LogP contribution >= 0.6 is 22.7 Å². The predicted octanol–water partition coefficient (Wildman–Crippen LogP) is 3.30. The number of amides is 1. The molecule has 1 amide bonds. The lowest BCUT2D eigenvalue weighted by atomic mass is 10.2. The standard InChI is InChI=1S/C23H25N5O3S2/c1-15(17-4-2-10-31-17)24-20(29)13-28-8-6-27(7-9-28)12-19-25-22(30)21-16(14-33-23(21)26-19)18-5-3-11-32-18/h2-5,10-11,14-15H,6-9,12-13H2,1H3,(H,24,29)(H,25,26,30)/t15-/m1/s1. The second-order valence-electron chi connectivity index (χ2n) is 8.18. The van der Waals surface area contributed by atoms with Gasteiger partial charge >= 0.3 is 0 Å². The molecule has 0 saturated carbocycles. The highest BCUT2D eigenvalue weighted by Crippen LogP contribution is 2.33. The van der Waals surface area contributed by atoms with Crippen LogP contribution in [0.2, 0.25) is 0 Å². The third-order valence-electron chi connectivity index (χ3n) is 5.83. The molecule has 1 saturated heterocycles. The number of rotatable bonds is 7. The van der Waals surface area contributed by atoms with Crippen molar-refractivity contribution in [2.75, 3.05) is 32.7 Å². The lowest BCUT2D eigenvalue weighted by Gasteiger charge is -2.34. The average Bonchev–Trinajstić information content (AvgIpc) is 3.56. The lowest BCUT2D eigenvalue weighted by molar-refractivity contribution is -0.123. The van der Waals surface area contributed by atoms with Gasteiger partial charge in [-0.2, -0.15) is 0 Å². The van der Waals surface area contributed by atoms with E-state index in [9.17, 15) is 9.59 Å². The molecule has 5 heterocycles. The maximum Gasteiger partial charge on any atom is 0.260 e. The van der Waals surface area contributed by atoms with Gasteiger partial charge in [-0.15, -0.1) is 22.7 Å². The second-order valence-corrected chi connectivity index (χ2v) is 9.98. The summed E-state index contributed by atoms with van der Waals surface area (Å²) in [5.74, 6) is 1.42. The van der Waals surface area contributed by atoms with E-state index >= 15 is 0 Å². The van der Waals surface area contributed by atoms with Crippen LogP contribution in [0.1, 0.15) is 24.6 Å². The van der Waals surface area contributed by atoms with E-state index in [-0.39, 0.29) is 17.5 Å². The van der Waals surface area contributed by atoms with E-state index in [0.717, 1.165) is 47.2 Å². The smallest absolute Gasteiger partial charge is 0.260 e. The summed E-state index contributed by atoms with van der Waals surface area (Å²) in [5, 5.41) is 7.68. The molecule has 1 fully saturated rings.